The highest BCUT2D eigenvalue weighted by molar-refractivity contribution is 7.99. The van der Waals surface area contributed by atoms with Gasteiger partial charge in [-0.25, -0.2) is 4.98 Å². The minimum atomic E-state index is -0.468. The Morgan fingerprint density at radius 3 is 2.44 bits per heavy atom. The summed E-state index contributed by atoms with van der Waals surface area (Å²) in [6, 6.07) is 5.98. The van der Waals surface area contributed by atoms with Gasteiger partial charge in [0.1, 0.15) is 5.03 Å². The van der Waals surface area contributed by atoms with Crippen molar-refractivity contribution in [3.63, 3.8) is 0 Å². The molecule has 0 aliphatic carbocycles. The first-order chi connectivity index (χ1) is 8.56. The number of halogens is 2. The number of nitro benzene ring substituents is 1. The van der Waals surface area contributed by atoms with Gasteiger partial charge in [0.25, 0.3) is 5.69 Å². The van der Waals surface area contributed by atoms with Crippen LogP contribution in [0.3, 0.4) is 0 Å². The molecule has 0 radical (unpaired) electrons. The van der Waals surface area contributed by atoms with Crippen LogP contribution in [0.5, 0.6) is 0 Å². The van der Waals surface area contributed by atoms with Gasteiger partial charge in [-0.3, -0.25) is 10.1 Å². The van der Waals surface area contributed by atoms with E-state index in [9.17, 15) is 10.1 Å². The molecule has 0 saturated carbocycles. The third kappa shape index (κ3) is 3.06. The fourth-order valence-electron chi connectivity index (χ4n) is 1.09. The van der Waals surface area contributed by atoms with E-state index in [1.165, 1.54) is 23.9 Å². The Morgan fingerprint density at radius 1 is 1.17 bits per heavy atom. The van der Waals surface area contributed by atoms with Gasteiger partial charge < -0.3 is 0 Å². The van der Waals surface area contributed by atoms with E-state index in [-0.39, 0.29) is 16.1 Å². The van der Waals surface area contributed by atoms with Gasteiger partial charge in [0.2, 0.25) is 5.28 Å². The van der Waals surface area contributed by atoms with Crippen LogP contribution in [0.15, 0.2) is 34.2 Å². The molecule has 6 nitrogen and oxygen atoms in total. The molecule has 0 bridgehead atoms. The number of benzene rings is 1. The van der Waals surface area contributed by atoms with Crippen molar-refractivity contribution in [3.05, 3.63) is 44.8 Å². The largest absolute Gasteiger partial charge is 0.269 e. The van der Waals surface area contributed by atoms with E-state index < -0.39 is 4.92 Å². The molecule has 9 heteroatoms. The highest BCUT2D eigenvalue weighted by Crippen LogP contribution is 2.31. The lowest BCUT2D eigenvalue weighted by Crippen LogP contribution is -1.91. The Morgan fingerprint density at radius 2 is 1.83 bits per heavy atom. The number of rotatable bonds is 3. The average Bonchev–Trinajstić information content (AvgIpc) is 2.34. The third-order valence-electron chi connectivity index (χ3n) is 1.85. The normalized spacial score (nSPS) is 10.3. The van der Waals surface area contributed by atoms with Gasteiger partial charge in [0.05, 0.1) is 4.92 Å². The van der Waals surface area contributed by atoms with Crippen LogP contribution in [-0.2, 0) is 0 Å². The number of non-ortho nitro benzene ring substituents is 1. The second-order valence-corrected chi connectivity index (χ2v) is 4.79. The molecular weight excluding hydrogens is 299 g/mol. The summed E-state index contributed by atoms with van der Waals surface area (Å²) in [5.41, 5.74) is 0.0179. The smallest absolute Gasteiger partial charge is 0.258 e. The Kier molecular flexibility index (Phi) is 3.95. The summed E-state index contributed by atoms with van der Waals surface area (Å²) in [6.45, 7) is 0. The van der Waals surface area contributed by atoms with Crippen LogP contribution in [0, 0.1) is 10.1 Å². The second kappa shape index (κ2) is 5.47. The molecule has 1 heterocycles. The van der Waals surface area contributed by atoms with Crippen molar-refractivity contribution in [3.8, 4) is 0 Å². The molecule has 92 valence electrons. The zero-order valence-corrected chi connectivity index (χ0v) is 10.9. The molecular formula is C9H4Cl2N4O2S. The summed E-state index contributed by atoms with van der Waals surface area (Å²) in [7, 11) is 0. The zero-order chi connectivity index (χ0) is 13.1. The Hall–Kier alpha value is -1.44. The van der Waals surface area contributed by atoms with Crippen LogP contribution in [0.25, 0.3) is 0 Å². The second-order valence-electron chi connectivity index (χ2n) is 3.03. The van der Waals surface area contributed by atoms with Crippen LogP contribution >= 0.6 is 35.0 Å². The van der Waals surface area contributed by atoms with Gasteiger partial charge in [-0.2, -0.15) is 0 Å². The van der Waals surface area contributed by atoms with Crippen LogP contribution in [0.4, 0.5) is 5.69 Å². The molecule has 0 atom stereocenters. The molecule has 0 N–H and O–H groups in total. The molecule has 0 fully saturated rings. The standard InChI is InChI=1S/C9H4Cl2N4O2S/c10-7-8(12-9(11)14-13-7)18-6-3-1-5(2-4-6)15(16)17/h1-4H. The van der Waals surface area contributed by atoms with Gasteiger partial charge >= 0.3 is 0 Å². The monoisotopic (exact) mass is 302 g/mol. The maximum atomic E-state index is 10.5. The minimum Gasteiger partial charge on any atom is -0.258 e. The predicted molar refractivity (Wildman–Crippen MR) is 67.1 cm³/mol. The lowest BCUT2D eigenvalue weighted by molar-refractivity contribution is -0.384. The van der Waals surface area contributed by atoms with Crippen LogP contribution in [-0.4, -0.2) is 20.1 Å². The van der Waals surface area contributed by atoms with Crippen molar-refractivity contribution >= 4 is 40.7 Å². The van der Waals surface area contributed by atoms with Crippen molar-refractivity contribution in [2.24, 2.45) is 0 Å². The van der Waals surface area contributed by atoms with Crippen molar-refractivity contribution in [2.75, 3.05) is 0 Å². The number of nitro groups is 1. The maximum absolute atomic E-state index is 10.5. The summed E-state index contributed by atoms with van der Waals surface area (Å²) < 4.78 is 0. The highest BCUT2D eigenvalue weighted by atomic mass is 35.5. The maximum Gasteiger partial charge on any atom is 0.269 e. The van der Waals surface area contributed by atoms with Crippen LogP contribution in [0.1, 0.15) is 0 Å². The van der Waals surface area contributed by atoms with E-state index >= 15 is 0 Å². The van der Waals surface area contributed by atoms with E-state index in [1.807, 2.05) is 0 Å². The van der Waals surface area contributed by atoms with Crippen molar-refractivity contribution in [2.45, 2.75) is 9.92 Å². The fraction of sp³-hybridized carbons (Fsp3) is 0. The van der Waals surface area contributed by atoms with E-state index in [0.29, 0.717) is 5.03 Å². The number of aromatic nitrogens is 3. The molecule has 0 unspecified atom stereocenters. The number of hydrogen-bond donors (Lipinski definition) is 0. The molecule has 0 spiro atoms. The lowest BCUT2D eigenvalue weighted by Gasteiger charge is -2.01. The van der Waals surface area contributed by atoms with Gasteiger partial charge in [-0.05, 0) is 23.7 Å². The van der Waals surface area contributed by atoms with E-state index in [0.717, 1.165) is 4.90 Å². The van der Waals surface area contributed by atoms with Crippen LogP contribution < -0.4 is 0 Å². The Bertz CT molecular complexity index is 594. The predicted octanol–water partition coefficient (Wildman–Crippen LogP) is 3.24. The quantitative estimate of drug-likeness (QED) is 0.639. The van der Waals surface area contributed by atoms with Crippen LogP contribution in [0.2, 0.25) is 10.4 Å². The molecule has 0 amide bonds. The molecule has 1 aromatic carbocycles. The average molecular weight is 303 g/mol. The first-order valence-corrected chi connectivity index (χ1v) is 6.11. The lowest BCUT2D eigenvalue weighted by atomic mass is 10.3. The topological polar surface area (TPSA) is 81.8 Å². The minimum absolute atomic E-state index is 0.0104. The molecule has 2 aromatic rings. The fourth-order valence-corrected chi connectivity index (χ4v) is 2.21. The first-order valence-electron chi connectivity index (χ1n) is 4.54. The molecule has 0 aliphatic rings. The highest BCUT2D eigenvalue weighted by Gasteiger charge is 2.10. The summed E-state index contributed by atoms with van der Waals surface area (Å²) in [5, 5.41) is 18.1. The SMILES string of the molecule is O=[N+]([O-])c1ccc(Sc2nc(Cl)nnc2Cl)cc1. The first kappa shape index (κ1) is 13.0. The van der Waals surface area contributed by atoms with Gasteiger partial charge in [-0.15, -0.1) is 10.2 Å². The zero-order valence-electron chi connectivity index (χ0n) is 8.58. The molecule has 18 heavy (non-hydrogen) atoms. The summed E-state index contributed by atoms with van der Waals surface area (Å²) in [5.74, 6) is 0. The Balaban J connectivity index is 2.23. The third-order valence-corrected chi connectivity index (χ3v) is 3.37. The summed E-state index contributed by atoms with van der Waals surface area (Å²) in [4.78, 5) is 14.7. The van der Waals surface area contributed by atoms with Crippen molar-refractivity contribution < 1.29 is 4.92 Å². The van der Waals surface area contributed by atoms with Crippen molar-refractivity contribution in [1.82, 2.24) is 15.2 Å². The molecule has 0 saturated heterocycles. The van der Waals surface area contributed by atoms with E-state index in [1.54, 1.807) is 12.1 Å². The molecule has 0 aliphatic heterocycles. The van der Waals surface area contributed by atoms with Gasteiger partial charge in [0, 0.05) is 17.0 Å². The molecule has 2 rings (SSSR count). The summed E-state index contributed by atoms with van der Waals surface area (Å²) in [6.07, 6.45) is 0. The van der Waals surface area contributed by atoms with E-state index in [2.05, 4.69) is 15.2 Å². The van der Waals surface area contributed by atoms with Gasteiger partial charge in [0.15, 0.2) is 5.15 Å². The van der Waals surface area contributed by atoms with Gasteiger partial charge in [-0.1, -0.05) is 23.4 Å². The number of hydrogen-bond acceptors (Lipinski definition) is 6. The van der Waals surface area contributed by atoms with Crippen molar-refractivity contribution in [1.29, 1.82) is 0 Å². The Labute approximate surface area is 115 Å². The molecule has 1 aromatic heterocycles. The van der Waals surface area contributed by atoms with E-state index in [4.69, 9.17) is 23.2 Å². The summed E-state index contributed by atoms with van der Waals surface area (Å²) >= 11 is 12.6. The number of nitrogens with zero attached hydrogens (tertiary/aromatic N) is 4.